The summed E-state index contributed by atoms with van der Waals surface area (Å²) in [5.74, 6) is -0.345. The molecule has 1 N–H and O–H groups in total. The van der Waals surface area contributed by atoms with Crippen LogP contribution in [0.5, 0.6) is 5.75 Å². The van der Waals surface area contributed by atoms with Crippen molar-refractivity contribution in [2.45, 2.75) is 77.2 Å². The average Bonchev–Trinajstić information content (AvgIpc) is 3.33. The molecule has 42 heavy (non-hydrogen) atoms. The van der Waals surface area contributed by atoms with E-state index in [2.05, 4.69) is 17.9 Å². The van der Waals surface area contributed by atoms with E-state index in [-0.39, 0.29) is 17.4 Å². The number of hydrogen-bond acceptors (Lipinski definition) is 7. The Morgan fingerprint density at radius 3 is 2.48 bits per heavy atom. The molecule has 9 heteroatoms. The van der Waals surface area contributed by atoms with Crippen molar-refractivity contribution in [3.63, 3.8) is 0 Å². The fourth-order valence-corrected chi connectivity index (χ4v) is 7.37. The van der Waals surface area contributed by atoms with Gasteiger partial charge in [0.2, 0.25) is 5.72 Å². The summed E-state index contributed by atoms with van der Waals surface area (Å²) in [4.78, 5) is 27.0. The first-order valence-corrected chi connectivity index (χ1v) is 15.2. The highest BCUT2D eigenvalue weighted by Gasteiger charge is 2.60. The molecule has 3 aliphatic heterocycles. The minimum absolute atomic E-state index is 0.0826. The molecule has 1 aromatic heterocycles. The van der Waals surface area contributed by atoms with Crippen LogP contribution in [0, 0.1) is 5.41 Å². The van der Waals surface area contributed by atoms with Crippen LogP contribution in [0.25, 0.3) is 10.9 Å². The highest BCUT2D eigenvalue weighted by atomic mass is 35.5. The molecule has 0 radical (unpaired) electrons. The Hall–Kier alpha value is -3.07. The van der Waals surface area contributed by atoms with Gasteiger partial charge in [0.25, 0.3) is 0 Å². The maximum atomic E-state index is 12.8. The Bertz CT molecular complexity index is 1470. The van der Waals surface area contributed by atoms with Crippen molar-refractivity contribution < 1.29 is 28.9 Å². The van der Waals surface area contributed by atoms with Gasteiger partial charge in [-0.05, 0) is 94.3 Å². The molecule has 3 aromatic rings. The summed E-state index contributed by atoms with van der Waals surface area (Å²) in [6.07, 6.45) is 4.52. The Morgan fingerprint density at radius 1 is 1.10 bits per heavy atom. The number of ether oxygens (including phenoxy) is 3. The molecule has 3 aliphatic rings. The van der Waals surface area contributed by atoms with Crippen molar-refractivity contribution in [1.29, 1.82) is 0 Å². The smallest absolute Gasteiger partial charge is 0.359 e. The molecule has 226 valence electrons. The SMILES string of the molecule is CCOC(=O)C(C)(C)Oc1ccc(Cl)cc1.CC[C@]12CCCN3CCc4c(n(c5ccccc45)[C@@](O)(C(=O)OC)C1)[C@@H]32. The number of hydrogen-bond donors (Lipinski definition) is 1. The topological polar surface area (TPSA) is 90.2 Å². The number of aliphatic hydroxyl groups is 1. The zero-order valence-corrected chi connectivity index (χ0v) is 25.9. The maximum absolute atomic E-state index is 12.8. The summed E-state index contributed by atoms with van der Waals surface area (Å²) in [5, 5.41) is 13.5. The van der Waals surface area contributed by atoms with Crippen LogP contribution in [-0.2, 0) is 31.2 Å². The maximum Gasteiger partial charge on any atom is 0.359 e. The molecular formula is C33H41ClN2O6. The van der Waals surface area contributed by atoms with Gasteiger partial charge in [0.1, 0.15) is 5.75 Å². The first-order chi connectivity index (χ1) is 20.0. The Morgan fingerprint density at radius 2 is 1.81 bits per heavy atom. The van der Waals surface area contributed by atoms with Crippen LogP contribution in [-0.4, -0.2) is 58.9 Å². The number of para-hydroxylation sites is 1. The lowest BCUT2D eigenvalue weighted by Gasteiger charge is -2.57. The molecule has 8 nitrogen and oxygen atoms in total. The summed E-state index contributed by atoms with van der Waals surface area (Å²) in [5.41, 5.74) is 0.698. The van der Waals surface area contributed by atoms with Crippen molar-refractivity contribution in [1.82, 2.24) is 9.47 Å². The second kappa shape index (κ2) is 11.5. The van der Waals surface area contributed by atoms with Gasteiger partial charge in [-0.15, -0.1) is 0 Å². The minimum atomic E-state index is -1.63. The Balaban J connectivity index is 0.000000191. The number of esters is 2. The molecule has 0 spiro atoms. The molecule has 1 saturated heterocycles. The van der Waals surface area contributed by atoms with E-state index >= 15 is 0 Å². The first-order valence-electron chi connectivity index (χ1n) is 14.8. The van der Waals surface area contributed by atoms with E-state index in [0.29, 0.717) is 23.8 Å². The molecule has 0 bridgehead atoms. The minimum Gasteiger partial charge on any atom is -0.476 e. The summed E-state index contributed by atoms with van der Waals surface area (Å²) < 4.78 is 17.5. The highest BCUT2D eigenvalue weighted by molar-refractivity contribution is 6.30. The Kier molecular flexibility index (Phi) is 8.36. The predicted octanol–water partition coefficient (Wildman–Crippen LogP) is 6.01. The van der Waals surface area contributed by atoms with E-state index in [1.165, 1.54) is 18.1 Å². The third-order valence-corrected chi connectivity index (χ3v) is 9.38. The van der Waals surface area contributed by atoms with E-state index in [1.54, 1.807) is 45.0 Å². The van der Waals surface area contributed by atoms with E-state index in [0.717, 1.165) is 50.0 Å². The number of piperidine rings is 1. The number of halogens is 1. The second-order valence-electron chi connectivity index (χ2n) is 12.0. The molecule has 1 fully saturated rings. The molecule has 0 aliphatic carbocycles. The molecule has 0 saturated carbocycles. The van der Waals surface area contributed by atoms with Gasteiger partial charge >= 0.3 is 11.9 Å². The largest absolute Gasteiger partial charge is 0.476 e. The third kappa shape index (κ3) is 5.07. The van der Waals surface area contributed by atoms with E-state index in [1.807, 2.05) is 22.8 Å². The van der Waals surface area contributed by atoms with Crippen molar-refractivity contribution in [3.8, 4) is 5.75 Å². The summed E-state index contributed by atoms with van der Waals surface area (Å²) in [6, 6.07) is 15.3. The fourth-order valence-electron chi connectivity index (χ4n) is 7.24. The normalized spacial score (nSPS) is 24.7. The van der Waals surface area contributed by atoms with Gasteiger partial charge in [0, 0.05) is 29.1 Å². The lowest BCUT2D eigenvalue weighted by Crippen LogP contribution is -2.60. The third-order valence-electron chi connectivity index (χ3n) is 9.13. The van der Waals surface area contributed by atoms with Gasteiger partial charge in [0.05, 0.1) is 25.3 Å². The van der Waals surface area contributed by atoms with Crippen molar-refractivity contribution in [2.24, 2.45) is 5.41 Å². The van der Waals surface area contributed by atoms with Gasteiger partial charge in [-0.3, -0.25) is 4.90 Å². The van der Waals surface area contributed by atoms with Gasteiger partial charge in [-0.25, -0.2) is 9.59 Å². The van der Waals surface area contributed by atoms with Crippen molar-refractivity contribution >= 4 is 34.4 Å². The quantitative estimate of drug-likeness (QED) is 0.348. The molecule has 0 unspecified atom stereocenters. The van der Waals surface area contributed by atoms with Crippen LogP contribution in [0.1, 0.15) is 70.7 Å². The number of nitrogens with zero attached hydrogens (tertiary/aromatic N) is 2. The van der Waals surface area contributed by atoms with Crippen LogP contribution in [0.3, 0.4) is 0 Å². The van der Waals surface area contributed by atoms with Crippen molar-refractivity contribution in [3.05, 3.63) is 64.8 Å². The molecule has 4 heterocycles. The van der Waals surface area contributed by atoms with Gasteiger partial charge in [0.15, 0.2) is 5.60 Å². The number of methoxy groups -OCH3 is 1. The molecule has 6 rings (SSSR count). The van der Waals surface area contributed by atoms with E-state index < -0.39 is 17.3 Å². The van der Waals surface area contributed by atoms with Gasteiger partial charge < -0.3 is 23.9 Å². The van der Waals surface area contributed by atoms with E-state index in [4.69, 9.17) is 25.8 Å². The lowest BCUT2D eigenvalue weighted by atomic mass is 9.62. The standard InChI is InChI=1S/C21H26N2O3.C12H15ClO3/c1-3-20-10-6-11-22-12-9-15-14-7-4-5-8-16(14)23(17(15)18(20)22)21(25,13-20)19(24)26-2;1-4-15-11(14)12(2,3)16-10-7-5-9(13)6-8-10/h4-5,7-8,18,25H,3,6,9-13H2,1-2H3;5-8H,4H2,1-3H3/t18-,20+,21+;/m1./s1. The lowest BCUT2D eigenvalue weighted by molar-refractivity contribution is -0.194. The number of fused-ring (bicyclic) bond motifs is 3. The van der Waals surface area contributed by atoms with E-state index in [9.17, 15) is 14.7 Å². The second-order valence-corrected chi connectivity index (χ2v) is 12.4. The number of rotatable bonds is 6. The van der Waals surface area contributed by atoms with Crippen LogP contribution < -0.4 is 4.74 Å². The zero-order valence-electron chi connectivity index (χ0n) is 25.1. The zero-order chi connectivity index (χ0) is 30.3. The molecule has 3 atom stereocenters. The summed E-state index contributed by atoms with van der Waals surface area (Å²) >= 11 is 5.75. The number of benzene rings is 2. The van der Waals surface area contributed by atoms with Crippen molar-refractivity contribution in [2.75, 3.05) is 26.8 Å². The molecular weight excluding hydrogens is 556 g/mol. The van der Waals surface area contributed by atoms with Crippen LogP contribution in [0.2, 0.25) is 5.02 Å². The molecule has 2 aromatic carbocycles. The fraction of sp³-hybridized carbons (Fsp3) is 0.515. The van der Waals surface area contributed by atoms with Crippen LogP contribution in [0.15, 0.2) is 48.5 Å². The van der Waals surface area contributed by atoms with Gasteiger partial charge in [-0.2, -0.15) is 0 Å². The summed E-state index contributed by atoms with van der Waals surface area (Å²) in [6.45, 7) is 9.80. The number of carbonyl (C=O) groups is 2. The molecule has 0 amide bonds. The monoisotopic (exact) mass is 596 g/mol. The highest BCUT2D eigenvalue weighted by Crippen LogP contribution is 2.60. The Labute approximate surface area is 252 Å². The van der Waals surface area contributed by atoms with Crippen LogP contribution >= 0.6 is 11.6 Å². The van der Waals surface area contributed by atoms with Crippen LogP contribution in [0.4, 0.5) is 0 Å². The average molecular weight is 597 g/mol. The predicted molar refractivity (Wildman–Crippen MR) is 162 cm³/mol. The van der Waals surface area contributed by atoms with Gasteiger partial charge in [-0.1, -0.05) is 36.7 Å². The first kappa shape index (κ1) is 30.4. The summed E-state index contributed by atoms with van der Waals surface area (Å²) in [7, 11) is 1.37. The number of carbonyl (C=O) groups excluding carboxylic acids is 2. The number of aromatic nitrogens is 1.